The minimum Gasteiger partial charge on any atom is -0.250 e. The molecule has 1 aromatic carbocycles. The lowest BCUT2D eigenvalue weighted by molar-refractivity contribution is -0.357. The summed E-state index contributed by atoms with van der Waals surface area (Å²) < 4.78 is 3.20. The summed E-state index contributed by atoms with van der Waals surface area (Å²) in [6.45, 7) is 4.11. The molecule has 0 unspecified atom stereocenters. The molecule has 0 saturated carbocycles. The van der Waals surface area contributed by atoms with E-state index in [0.29, 0.717) is 28.7 Å². The van der Waals surface area contributed by atoms with E-state index in [9.17, 15) is 4.79 Å². The molecule has 28 heavy (non-hydrogen) atoms. The van der Waals surface area contributed by atoms with Gasteiger partial charge in [0.1, 0.15) is 5.52 Å². The topological polar surface area (TPSA) is 79.2 Å². The summed E-state index contributed by atoms with van der Waals surface area (Å²) in [5.41, 5.74) is 2.94. The number of thiophene rings is 1. The summed E-state index contributed by atoms with van der Waals surface area (Å²) in [6, 6.07) is 11.5. The Morgan fingerprint density at radius 3 is 2.75 bits per heavy atom. The number of fused-ring (bicyclic) bond motifs is 4. The van der Waals surface area contributed by atoms with Crippen molar-refractivity contribution < 1.29 is 4.98 Å². The van der Waals surface area contributed by atoms with Crippen LogP contribution >= 0.6 is 11.3 Å². The monoisotopic (exact) mass is 387 g/mol. The first-order chi connectivity index (χ1) is 13.8. The van der Waals surface area contributed by atoms with Gasteiger partial charge in [-0.05, 0) is 23.6 Å². The van der Waals surface area contributed by atoms with E-state index >= 15 is 0 Å². The van der Waals surface area contributed by atoms with Gasteiger partial charge >= 0.3 is 5.56 Å². The van der Waals surface area contributed by atoms with Crippen LogP contribution in [0.15, 0.2) is 70.7 Å². The Bertz CT molecular complexity index is 1430. The molecule has 4 aromatic heterocycles. The number of hydrogen-bond donors (Lipinski definition) is 0. The Labute approximate surface area is 162 Å². The van der Waals surface area contributed by atoms with E-state index in [2.05, 4.69) is 16.7 Å². The SMILES string of the molecule is C=CCn1c[nH+]c2c(c1=O)c1nc3ccccc3nc1n2N=Cc1cccs1. The summed E-state index contributed by atoms with van der Waals surface area (Å²) in [6.07, 6.45) is 5.06. The predicted octanol–water partition coefficient (Wildman–Crippen LogP) is 2.84. The van der Waals surface area contributed by atoms with E-state index in [1.54, 1.807) is 39.2 Å². The fourth-order valence-corrected chi connectivity index (χ4v) is 3.75. The van der Waals surface area contributed by atoms with Crippen LogP contribution in [0.1, 0.15) is 4.88 Å². The largest absolute Gasteiger partial charge is 0.323 e. The van der Waals surface area contributed by atoms with E-state index in [1.165, 1.54) is 0 Å². The highest BCUT2D eigenvalue weighted by molar-refractivity contribution is 7.11. The van der Waals surface area contributed by atoms with Crippen LogP contribution in [0.2, 0.25) is 0 Å². The number of hydrogen-bond acceptors (Lipinski definition) is 5. The van der Waals surface area contributed by atoms with Crippen molar-refractivity contribution >= 4 is 50.8 Å². The molecule has 0 aliphatic carbocycles. The second kappa shape index (κ2) is 6.50. The number of benzene rings is 1. The molecule has 0 aliphatic rings. The maximum absolute atomic E-state index is 13.1. The Morgan fingerprint density at radius 2 is 2.00 bits per heavy atom. The Hall–Kier alpha value is -3.65. The predicted molar refractivity (Wildman–Crippen MR) is 111 cm³/mol. The molecule has 5 aromatic rings. The second-order valence-corrected chi connectivity index (χ2v) is 7.18. The maximum atomic E-state index is 13.1. The van der Waals surface area contributed by atoms with Gasteiger partial charge in [0.2, 0.25) is 5.65 Å². The smallest absolute Gasteiger partial charge is 0.250 e. The van der Waals surface area contributed by atoms with Gasteiger partial charge in [-0.2, -0.15) is 0 Å². The van der Waals surface area contributed by atoms with Crippen LogP contribution in [-0.4, -0.2) is 25.4 Å². The highest BCUT2D eigenvalue weighted by Crippen LogP contribution is 2.23. The molecular formula is C20H15N6OS+. The lowest BCUT2D eigenvalue weighted by Crippen LogP contribution is -2.26. The highest BCUT2D eigenvalue weighted by atomic mass is 32.1. The molecule has 0 bridgehead atoms. The van der Waals surface area contributed by atoms with Crippen LogP contribution < -0.4 is 10.5 Å². The van der Waals surface area contributed by atoms with Gasteiger partial charge in [0, 0.05) is 4.88 Å². The molecule has 0 spiro atoms. The van der Waals surface area contributed by atoms with Crippen molar-refractivity contribution in [1.82, 2.24) is 19.2 Å². The fraction of sp³-hybridized carbons (Fsp3) is 0.0500. The molecule has 7 nitrogen and oxygen atoms in total. The van der Waals surface area contributed by atoms with Gasteiger partial charge in [-0.1, -0.05) is 30.9 Å². The molecule has 5 rings (SSSR count). The van der Waals surface area contributed by atoms with Crippen molar-refractivity contribution in [1.29, 1.82) is 0 Å². The first kappa shape index (κ1) is 16.5. The number of allylic oxidation sites excluding steroid dienone is 1. The molecule has 1 N–H and O–H groups in total. The molecule has 8 heteroatoms. The minimum atomic E-state index is -0.159. The molecule has 0 radical (unpaired) electrons. The van der Waals surface area contributed by atoms with Crippen molar-refractivity contribution in [3.05, 3.63) is 76.0 Å². The van der Waals surface area contributed by atoms with Gasteiger partial charge in [-0.3, -0.25) is 0 Å². The maximum Gasteiger partial charge on any atom is 0.323 e. The summed E-state index contributed by atoms with van der Waals surface area (Å²) in [7, 11) is 0. The van der Waals surface area contributed by atoms with Gasteiger partial charge in [0.15, 0.2) is 11.7 Å². The van der Waals surface area contributed by atoms with Crippen LogP contribution in [0.3, 0.4) is 0 Å². The third-order valence-corrected chi connectivity index (χ3v) is 5.25. The zero-order valence-corrected chi connectivity index (χ0v) is 15.6. The van der Waals surface area contributed by atoms with Gasteiger partial charge < -0.3 is 0 Å². The molecular weight excluding hydrogens is 372 g/mol. The number of aromatic nitrogens is 5. The van der Waals surface area contributed by atoms with Crippen molar-refractivity contribution in [2.45, 2.75) is 6.54 Å². The Morgan fingerprint density at radius 1 is 1.18 bits per heavy atom. The summed E-state index contributed by atoms with van der Waals surface area (Å²) in [5, 5.41) is 7.03. The Balaban J connectivity index is 1.90. The van der Waals surface area contributed by atoms with Gasteiger partial charge in [-0.25, -0.2) is 24.3 Å². The van der Waals surface area contributed by atoms with Crippen LogP contribution in [0.4, 0.5) is 0 Å². The normalized spacial score (nSPS) is 11.9. The lowest BCUT2D eigenvalue weighted by Gasteiger charge is -1.96. The number of aromatic amines is 1. The molecule has 0 atom stereocenters. The fourth-order valence-electron chi connectivity index (χ4n) is 3.17. The molecule has 4 heterocycles. The average molecular weight is 387 g/mol. The first-order valence-electron chi connectivity index (χ1n) is 8.67. The second-order valence-electron chi connectivity index (χ2n) is 6.20. The highest BCUT2D eigenvalue weighted by Gasteiger charge is 2.24. The third kappa shape index (κ3) is 2.54. The summed E-state index contributed by atoms with van der Waals surface area (Å²) >= 11 is 1.58. The summed E-state index contributed by atoms with van der Waals surface area (Å²) in [5.74, 6) is 0. The first-order valence-corrected chi connectivity index (χ1v) is 9.55. The van der Waals surface area contributed by atoms with Crippen LogP contribution in [0.5, 0.6) is 0 Å². The van der Waals surface area contributed by atoms with Gasteiger partial charge in [0.05, 0.1) is 23.8 Å². The van der Waals surface area contributed by atoms with E-state index in [1.807, 2.05) is 41.8 Å². The summed E-state index contributed by atoms with van der Waals surface area (Å²) in [4.78, 5) is 26.7. The molecule has 0 aliphatic heterocycles. The quantitative estimate of drug-likeness (QED) is 0.351. The number of nitrogens with zero attached hydrogens (tertiary/aromatic N) is 5. The van der Waals surface area contributed by atoms with Crippen molar-refractivity contribution in [3.63, 3.8) is 0 Å². The van der Waals surface area contributed by atoms with E-state index < -0.39 is 0 Å². The lowest BCUT2D eigenvalue weighted by atomic mass is 10.3. The zero-order valence-electron chi connectivity index (χ0n) is 14.7. The van der Waals surface area contributed by atoms with Gasteiger partial charge in [-0.15, -0.1) is 21.1 Å². The number of H-pyrrole nitrogens is 1. The molecule has 0 amide bonds. The molecule has 136 valence electrons. The van der Waals surface area contributed by atoms with Crippen molar-refractivity contribution in [2.75, 3.05) is 0 Å². The minimum absolute atomic E-state index is 0.159. The van der Waals surface area contributed by atoms with Gasteiger partial charge in [0.25, 0.3) is 5.65 Å². The van der Waals surface area contributed by atoms with Crippen LogP contribution in [-0.2, 0) is 6.54 Å². The number of nitrogens with one attached hydrogen (secondary N) is 1. The molecule has 0 saturated heterocycles. The zero-order chi connectivity index (χ0) is 19.1. The number of para-hydroxylation sites is 2. The van der Waals surface area contributed by atoms with E-state index in [-0.39, 0.29) is 5.56 Å². The van der Waals surface area contributed by atoms with Crippen LogP contribution in [0, 0.1) is 0 Å². The molecule has 0 fully saturated rings. The Kier molecular flexibility index (Phi) is 3.84. The van der Waals surface area contributed by atoms with Crippen molar-refractivity contribution in [2.24, 2.45) is 5.10 Å². The van der Waals surface area contributed by atoms with Crippen LogP contribution in [0.25, 0.3) is 33.2 Å². The van der Waals surface area contributed by atoms with Crippen molar-refractivity contribution in [3.8, 4) is 0 Å². The average Bonchev–Trinajstić information content (AvgIpc) is 3.33. The number of rotatable bonds is 4. The van der Waals surface area contributed by atoms with E-state index in [0.717, 1.165) is 15.9 Å². The third-order valence-electron chi connectivity index (χ3n) is 4.44. The standard InChI is InChI=1S/C20H14N6OS/c1-2-9-25-12-21-18-16(20(25)27)17-19(24-15-8-4-3-7-14(15)23-17)26(18)22-11-13-6-5-10-28-13/h2-8,10-12H,1,9H2/p+1. The van der Waals surface area contributed by atoms with E-state index in [4.69, 9.17) is 9.97 Å².